The standard InChI is InChI=1S/C25H32N8O3/c1-4-33-23-21(14-28-33)22(31-18-8-10-32(11-9-18)25(26)36)20(15(2)29-23)13-27-24(35)17-6-5-7-19(12-17)30-16(3)34/h5-7,12,14,18H,4,8-11,13H2,1-3H3,(H2,26,36)(H,27,35)(H,29,31)(H,30,34). The van der Waals surface area contributed by atoms with Crippen molar-refractivity contribution in [3.8, 4) is 0 Å². The normalized spacial score (nSPS) is 14.0. The number of fused-ring (bicyclic) bond motifs is 1. The first-order valence-corrected chi connectivity index (χ1v) is 12.1. The van der Waals surface area contributed by atoms with Crippen molar-refractivity contribution in [2.75, 3.05) is 23.7 Å². The lowest BCUT2D eigenvalue weighted by Crippen LogP contribution is -2.44. The molecule has 1 aliphatic rings. The number of benzene rings is 1. The van der Waals surface area contributed by atoms with Crippen molar-refractivity contribution in [3.05, 3.63) is 47.3 Å². The molecule has 0 radical (unpaired) electrons. The third-order valence-electron chi connectivity index (χ3n) is 6.42. The van der Waals surface area contributed by atoms with Crippen LogP contribution in [0, 0.1) is 6.92 Å². The average molecular weight is 493 g/mol. The Balaban J connectivity index is 1.59. The molecule has 0 saturated carbocycles. The molecular weight excluding hydrogens is 460 g/mol. The molecule has 3 aromatic rings. The van der Waals surface area contributed by atoms with Crippen LogP contribution < -0.4 is 21.7 Å². The largest absolute Gasteiger partial charge is 0.381 e. The second-order valence-electron chi connectivity index (χ2n) is 8.94. The molecular formula is C25H32N8O3. The molecule has 1 fully saturated rings. The second-order valence-corrected chi connectivity index (χ2v) is 8.94. The van der Waals surface area contributed by atoms with Gasteiger partial charge in [-0.05, 0) is 44.9 Å². The number of rotatable bonds is 7. The summed E-state index contributed by atoms with van der Waals surface area (Å²) in [6, 6.07) is 6.54. The van der Waals surface area contributed by atoms with Gasteiger partial charge in [0.1, 0.15) is 0 Å². The Morgan fingerprint density at radius 1 is 1.19 bits per heavy atom. The molecule has 5 N–H and O–H groups in total. The molecule has 1 aromatic carbocycles. The smallest absolute Gasteiger partial charge is 0.314 e. The van der Waals surface area contributed by atoms with Crippen LogP contribution in [0.25, 0.3) is 11.0 Å². The number of pyridine rings is 1. The van der Waals surface area contributed by atoms with Gasteiger partial charge in [-0.1, -0.05) is 6.07 Å². The van der Waals surface area contributed by atoms with Crippen LogP contribution in [0.1, 0.15) is 48.3 Å². The number of piperidine rings is 1. The molecule has 3 heterocycles. The van der Waals surface area contributed by atoms with Crippen LogP contribution in [0.4, 0.5) is 16.2 Å². The Morgan fingerprint density at radius 3 is 2.61 bits per heavy atom. The van der Waals surface area contributed by atoms with Crippen molar-refractivity contribution in [1.82, 2.24) is 25.0 Å². The fourth-order valence-electron chi connectivity index (χ4n) is 4.52. The summed E-state index contributed by atoms with van der Waals surface area (Å²) in [5.74, 6) is -0.459. The summed E-state index contributed by atoms with van der Waals surface area (Å²) in [5, 5.41) is 14.7. The molecule has 11 nitrogen and oxygen atoms in total. The Kier molecular flexibility index (Phi) is 7.37. The van der Waals surface area contributed by atoms with Crippen molar-refractivity contribution >= 4 is 40.3 Å². The van der Waals surface area contributed by atoms with E-state index in [-0.39, 0.29) is 24.4 Å². The fraction of sp³-hybridized carbons (Fsp3) is 0.400. The maximum absolute atomic E-state index is 13.0. The summed E-state index contributed by atoms with van der Waals surface area (Å²) >= 11 is 0. The maximum atomic E-state index is 13.0. The van der Waals surface area contributed by atoms with Gasteiger partial charge in [0.05, 0.1) is 17.3 Å². The molecule has 1 saturated heterocycles. The lowest BCUT2D eigenvalue weighted by atomic mass is 10.0. The van der Waals surface area contributed by atoms with Gasteiger partial charge < -0.3 is 26.6 Å². The number of amides is 4. The number of urea groups is 1. The van der Waals surface area contributed by atoms with Crippen LogP contribution in [0.2, 0.25) is 0 Å². The number of hydrogen-bond donors (Lipinski definition) is 4. The van der Waals surface area contributed by atoms with E-state index in [4.69, 9.17) is 10.7 Å². The molecule has 190 valence electrons. The molecule has 1 aliphatic heterocycles. The number of hydrogen-bond acceptors (Lipinski definition) is 6. The molecule has 0 atom stereocenters. The summed E-state index contributed by atoms with van der Waals surface area (Å²) < 4.78 is 1.85. The van der Waals surface area contributed by atoms with Gasteiger partial charge in [-0.3, -0.25) is 9.59 Å². The molecule has 4 amide bonds. The minimum atomic E-state index is -0.397. The van der Waals surface area contributed by atoms with Crippen LogP contribution in [0.3, 0.4) is 0 Å². The van der Waals surface area contributed by atoms with Crippen molar-refractivity contribution in [2.45, 2.75) is 52.7 Å². The number of primary amides is 1. The third kappa shape index (κ3) is 5.40. The lowest BCUT2D eigenvalue weighted by molar-refractivity contribution is -0.114. The summed E-state index contributed by atoms with van der Waals surface area (Å²) in [4.78, 5) is 42.3. The molecule has 11 heteroatoms. The minimum Gasteiger partial charge on any atom is -0.381 e. The first-order valence-electron chi connectivity index (χ1n) is 12.1. The van der Waals surface area contributed by atoms with E-state index in [1.54, 1.807) is 35.4 Å². The number of nitrogens with two attached hydrogens (primary N) is 1. The Hall–Kier alpha value is -4.15. The number of nitrogens with one attached hydrogen (secondary N) is 3. The maximum Gasteiger partial charge on any atom is 0.314 e. The van der Waals surface area contributed by atoms with Crippen molar-refractivity contribution in [1.29, 1.82) is 0 Å². The number of aromatic nitrogens is 3. The van der Waals surface area contributed by atoms with Crippen molar-refractivity contribution in [2.24, 2.45) is 5.73 Å². The summed E-state index contributed by atoms with van der Waals surface area (Å²) in [5.41, 5.74) is 9.79. The van der Waals surface area contributed by atoms with E-state index in [0.29, 0.717) is 30.9 Å². The van der Waals surface area contributed by atoms with Crippen molar-refractivity contribution in [3.63, 3.8) is 0 Å². The SMILES string of the molecule is CCn1ncc2c(NC3CCN(C(N)=O)CC3)c(CNC(=O)c3cccc(NC(C)=O)c3)c(C)nc21. The second kappa shape index (κ2) is 10.6. The van der Waals surface area contributed by atoms with E-state index in [1.165, 1.54) is 6.92 Å². The topological polar surface area (TPSA) is 147 Å². The van der Waals surface area contributed by atoms with E-state index in [9.17, 15) is 14.4 Å². The van der Waals surface area contributed by atoms with Gasteiger partial charge in [0.15, 0.2) is 5.65 Å². The van der Waals surface area contributed by atoms with E-state index < -0.39 is 6.03 Å². The van der Waals surface area contributed by atoms with Crippen molar-refractivity contribution < 1.29 is 14.4 Å². The monoisotopic (exact) mass is 492 g/mol. The zero-order chi connectivity index (χ0) is 25.8. The van der Waals surface area contributed by atoms with Crippen LogP contribution in [-0.2, 0) is 17.9 Å². The molecule has 4 rings (SSSR count). The molecule has 0 bridgehead atoms. The van der Waals surface area contributed by atoms with Gasteiger partial charge >= 0.3 is 6.03 Å². The lowest BCUT2D eigenvalue weighted by Gasteiger charge is -2.32. The molecule has 0 spiro atoms. The molecule has 2 aromatic heterocycles. The number of carbonyl (C=O) groups excluding carboxylic acids is 3. The Morgan fingerprint density at radius 2 is 1.94 bits per heavy atom. The highest BCUT2D eigenvalue weighted by molar-refractivity contribution is 5.97. The van der Waals surface area contributed by atoms with Crippen LogP contribution in [-0.4, -0.2) is 56.6 Å². The fourth-order valence-corrected chi connectivity index (χ4v) is 4.52. The molecule has 0 unspecified atom stereocenters. The van der Waals surface area contributed by atoms with E-state index in [1.807, 2.05) is 18.5 Å². The van der Waals surface area contributed by atoms with Crippen LogP contribution >= 0.6 is 0 Å². The quantitative estimate of drug-likeness (QED) is 0.399. The predicted molar refractivity (Wildman–Crippen MR) is 138 cm³/mol. The van der Waals surface area contributed by atoms with Gasteiger partial charge in [0.25, 0.3) is 5.91 Å². The highest BCUT2D eigenvalue weighted by atomic mass is 16.2. The van der Waals surface area contributed by atoms with Gasteiger partial charge in [0, 0.05) is 61.7 Å². The minimum absolute atomic E-state index is 0.138. The number of nitrogens with zero attached hydrogens (tertiary/aromatic N) is 4. The summed E-state index contributed by atoms with van der Waals surface area (Å²) in [6.07, 6.45) is 3.32. The average Bonchev–Trinajstić information content (AvgIpc) is 3.26. The van der Waals surface area contributed by atoms with E-state index >= 15 is 0 Å². The summed E-state index contributed by atoms with van der Waals surface area (Å²) in [6.45, 7) is 7.48. The Labute approximate surface area is 209 Å². The highest BCUT2D eigenvalue weighted by Gasteiger charge is 2.24. The molecule has 36 heavy (non-hydrogen) atoms. The van der Waals surface area contributed by atoms with E-state index in [0.717, 1.165) is 40.8 Å². The van der Waals surface area contributed by atoms with Crippen LogP contribution in [0.5, 0.6) is 0 Å². The predicted octanol–water partition coefficient (Wildman–Crippen LogP) is 2.60. The number of aryl methyl sites for hydroxylation is 2. The van der Waals surface area contributed by atoms with Crippen LogP contribution in [0.15, 0.2) is 30.5 Å². The van der Waals surface area contributed by atoms with Gasteiger partial charge in [-0.15, -0.1) is 0 Å². The highest BCUT2D eigenvalue weighted by Crippen LogP contribution is 2.31. The zero-order valence-electron chi connectivity index (χ0n) is 20.8. The Bertz CT molecular complexity index is 1290. The number of likely N-dealkylation sites (tertiary alicyclic amines) is 1. The van der Waals surface area contributed by atoms with Gasteiger partial charge in [0.2, 0.25) is 5.91 Å². The van der Waals surface area contributed by atoms with Gasteiger partial charge in [-0.2, -0.15) is 5.10 Å². The van der Waals surface area contributed by atoms with E-state index in [2.05, 4.69) is 21.0 Å². The van der Waals surface area contributed by atoms with Gasteiger partial charge in [-0.25, -0.2) is 14.5 Å². The third-order valence-corrected chi connectivity index (χ3v) is 6.42. The first kappa shape index (κ1) is 25.0. The first-order chi connectivity index (χ1) is 17.3. The zero-order valence-corrected chi connectivity index (χ0v) is 20.8. The molecule has 0 aliphatic carbocycles. The number of carbonyl (C=O) groups is 3. The number of anilines is 2. The summed E-state index contributed by atoms with van der Waals surface area (Å²) in [7, 11) is 0.